The van der Waals surface area contributed by atoms with Gasteiger partial charge in [-0.15, -0.1) is 0 Å². The van der Waals surface area contributed by atoms with Crippen LogP contribution in [0.1, 0.15) is 17.2 Å². The van der Waals surface area contributed by atoms with Gasteiger partial charge in [0.25, 0.3) is 0 Å². The van der Waals surface area contributed by atoms with E-state index in [4.69, 9.17) is 11.6 Å². The van der Waals surface area contributed by atoms with Crippen LogP contribution in [0.3, 0.4) is 0 Å². The van der Waals surface area contributed by atoms with Gasteiger partial charge in [0.15, 0.2) is 0 Å². The number of aromatic nitrogens is 1. The first-order chi connectivity index (χ1) is 10.1. The predicted octanol–water partition coefficient (Wildman–Crippen LogP) is 4.93. The van der Waals surface area contributed by atoms with Crippen molar-refractivity contribution in [3.05, 3.63) is 75.4 Å². The molecule has 4 heteroatoms. The first kappa shape index (κ1) is 14.5. The molecule has 0 saturated carbocycles. The van der Waals surface area contributed by atoms with Gasteiger partial charge in [0.05, 0.1) is 11.6 Å². The summed E-state index contributed by atoms with van der Waals surface area (Å²) in [5.74, 6) is 0. The molecular formula is C17H13BrClNO. The number of fused-ring (bicyclic) bond motifs is 1. The normalized spacial score (nSPS) is 12.5. The number of aliphatic hydroxyl groups excluding tert-OH is 1. The van der Waals surface area contributed by atoms with Gasteiger partial charge in [-0.2, -0.15) is 0 Å². The molecule has 0 spiro atoms. The molecule has 3 aromatic rings. The molecule has 0 bridgehead atoms. The molecular weight excluding hydrogens is 350 g/mol. The van der Waals surface area contributed by atoms with Crippen molar-refractivity contribution >= 4 is 38.4 Å². The largest absolute Gasteiger partial charge is 0.388 e. The summed E-state index contributed by atoms with van der Waals surface area (Å²) >= 11 is 9.39. The zero-order chi connectivity index (χ0) is 14.8. The summed E-state index contributed by atoms with van der Waals surface area (Å²) in [7, 11) is 0. The van der Waals surface area contributed by atoms with Gasteiger partial charge < -0.3 is 5.11 Å². The number of hydrogen-bond acceptors (Lipinski definition) is 2. The van der Waals surface area contributed by atoms with E-state index in [1.807, 2.05) is 36.4 Å². The number of aliphatic hydroxyl groups is 1. The Kier molecular flexibility index (Phi) is 4.24. The summed E-state index contributed by atoms with van der Waals surface area (Å²) in [5, 5.41) is 12.2. The van der Waals surface area contributed by atoms with Crippen molar-refractivity contribution in [1.29, 1.82) is 0 Å². The smallest absolute Gasteiger partial charge is 0.0841 e. The first-order valence-electron chi connectivity index (χ1n) is 6.61. The zero-order valence-electron chi connectivity index (χ0n) is 11.1. The number of para-hydroxylation sites is 1. The third-order valence-corrected chi connectivity index (χ3v) is 4.40. The van der Waals surface area contributed by atoms with Crippen molar-refractivity contribution in [2.75, 3.05) is 0 Å². The quantitative estimate of drug-likeness (QED) is 0.717. The molecule has 1 aromatic heterocycles. The van der Waals surface area contributed by atoms with E-state index >= 15 is 0 Å². The van der Waals surface area contributed by atoms with Crippen LogP contribution in [0.4, 0.5) is 0 Å². The van der Waals surface area contributed by atoms with E-state index in [2.05, 4.69) is 20.9 Å². The van der Waals surface area contributed by atoms with E-state index in [0.29, 0.717) is 11.4 Å². The molecule has 3 rings (SSSR count). The molecule has 1 atom stereocenters. The average Bonchev–Trinajstić information content (AvgIpc) is 2.47. The number of rotatable bonds is 3. The Morgan fingerprint density at radius 2 is 1.95 bits per heavy atom. The van der Waals surface area contributed by atoms with Crippen LogP contribution in [0.5, 0.6) is 0 Å². The van der Waals surface area contributed by atoms with Crippen LogP contribution in [0, 0.1) is 0 Å². The van der Waals surface area contributed by atoms with E-state index in [1.165, 1.54) is 0 Å². The molecule has 0 aliphatic rings. The summed E-state index contributed by atoms with van der Waals surface area (Å²) in [6.45, 7) is 0. The summed E-state index contributed by atoms with van der Waals surface area (Å²) in [4.78, 5) is 4.34. The minimum absolute atomic E-state index is 0.531. The highest BCUT2D eigenvalue weighted by atomic mass is 79.9. The molecule has 0 aliphatic carbocycles. The lowest BCUT2D eigenvalue weighted by Gasteiger charge is -2.14. The fourth-order valence-electron chi connectivity index (χ4n) is 2.42. The second kappa shape index (κ2) is 6.14. The van der Waals surface area contributed by atoms with Crippen molar-refractivity contribution in [1.82, 2.24) is 4.98 Å². The second-order valence-corrected chi connectivity index (χ2v) is 6.16. The first-order valence-corrected chi connectivity index (χ1v) is 7.78. The summed E-state index contributed by atoms with van der Waals surface area (Å²) < 4.78 is 0.820. The van der Waals surface area contributed by atoms with Crippen molar-refractivity contribution in [2.24, 2.45) is 0 Å². The third kappa shape index (κ3) is 3.10. The fraction of sp³-hybridized carbons (Fsp3) is 0.118. The van der Waals surface area contributed by atoms with E-state index < -0.39 is 6.10 Å². The van der Waals surface area contributed by atoms with Gasteiger partial charge in [0.2, 0.25) is 0 Å². The number of benzene rings is 2. The van der Waals surface area contributed by atoms with Crippen molar-refractivity contribution in [3.8, 4) is 0 Å². The van der Waals surface area contributed by atoms with Gasteiger partial charge in [-0.3, -0.25) is 4.98 Å². The highest BCUT2D eigenvalue weighted by Gasteiger charge is 2.14. The Morgan fingerprint density at radius 3 is 2.76 bits per heavy atom. The van der Waals surface area contributed by atoms with Crippen LogP contribution in [0.2, 0.25) is 5.02 Å². The highest BCUT2D eigenvalue weighted by molar-refractivity contribution is 9.10. The molecule has 0 fully saturated rings. The zero-order valence-corrected chi connectivity index (χ0v) is 13.5. The molecule has 2 nitrogen and oxygen atoms in total. The van der Waals surface area contributed by atoms with Crippen LogP contribution in [-0.2, 0) is 6.42 Å². The van der Waals surface area contributed by atoms with E-state index in [9.17, 15) is 5.11 Å². The maximum absolute atomic E-state index is 10.5. The third-order valence-electron chi connectivity index (χ3n) is 3.47. The van der Waals surface area contributed by atoms with Crippen LogP contribution >= 0.6 is 27.5 Å². The molecule has 0 aliphatic heterocycles. The second-order valence-electron chi connectivity index (χ2n) is 4.87. The fourth-order valence-corrected chi connectivity index (χ4v) is 3.37. The monoisotopic (exact) mass is 361 g/mol. The lowest BCUT2D eigenvalue weighted by atomic mass is 9.99. The lowest BCUT2D eigenvalue weighted by molar-refractivity contribution is 0.178. The molecule has 1 N–H and O–H groups in total. The standard InChI is InChI=1S/C17H13BrClNO/c18-15-10-12(19)5-6-14(15)17(21)9-11-7-8-20-16-4-2-1-3-13(11)16/h1-8,10,17,21H,9H2. The lowest BCUT2D eigenvalue weighted by Crippen LogP contribution is -2.03. The van der Waals surface area contributed by atoms with E-state index in [0.717, 1.165) is 26.5 Å². The predicted molar refractivity (Wildman–Crippen MR) is 89.6 cm³/mol. The molecule has 0 amide bonds. The maximum atomic E-state index is 10.5. The molecule has 1 heterocycles. The van der Waals surface area contributed by atoms with Crippen molar-refractivity contribution in [3.63, 3.8) is 0 Å². The number of hydrogen-bond donors (Lipinski definition) is 1. The van der Waals surface area contributed by atoms with Gasteiger partial charge in [-0.1, -0.05) is 51.8 Å². The van der Waals surface area contributed by atoms with Crippen LogP contribution in [0.25, 0.3) is 10.9 Å². The minimum atomic E-state index is -0.595. The number of halogens is 2. The Balaban J connectivity index is 1.94. The van der Waals surface area contributed by atoms with E-state index in [1.54, 1.807) is 18.3 Å². The van der Waals surface area contributed by atoms with Crippen LogP contribution in [0.15, 0.2) is 59.2 Å². The Bertz CT molecular complexity index is 785. The summed E-state index contributed by atoms with van der Waals surface area (Å²) in [6.07, 6.45) is 1.72. The van der Waals surface area contributed by atoms with Crippen LogP contribution in [-0.4, -0.2) is 10.1 Å². The molecule has 0 radical (unpaired) electrons. The van der Waals surface area contributed by atoms with Gasteiger partial charge in [-0.05, 0) is 35.4 Å². The average molecular weight is 363 g/mol. The summed E-state index contributed by atoms with van der Waals surface area (Å²) in [5.41, 5.74) is 2.85. The Labute approximate surface area is 136 Å². The SMILES string of the molecule is OC(Cc1ccnc2ccccc12)c1ccc(Cl)cc1Br. The van der Waals surface area contributed by atoms with Gasteiger partial charge >= 0.3 is 0 Å². The molecule has 21 heavy (non-hydrogen) atoms. The number of nitrogens with zero attached hydrogens (tertiary/aromatic N) is 1. The molecule has 0 saturated heterocycles. The van der Waals surface area contributed by atoms with Gasteiger partial charge in [0, 0.05) is 27.5 Å². The van der Waals surface area contributed by atoms with Gasteiger partial charge in [0.1, 0.15) is 0 Å². The molecule has 1 unspecified atom stereocenters. The minimum Gasteiger partial charge on any atom is -0.388 e. The van der Waals surface area contributed by atoms with Crippen molar-refractivity contribution < 1.29 is 5.11 Å². The molecule has 106 valence electrons. The Hall–Kier alpha value is -1.42. The molecule has 2 aromatic carbocycles. The number of pyridine rings is 1. The Morgan fingerprint density at radius 1 is 1.14 bits per heavy atom. The van der Waals surface area contributed by atoms with E-state index in [-0.39, 0.29) is 0 Å². The maximum Gasteiger partial charge on any atom is 0.0841 e. The summed E-state index contributed by atoms with van der Waals surface area (Å²) in [6, 6.07) is 15.3. The highest BCUT2D eigenvalue weighted by Crippen LogP contribution is 2.30. The van der Waals surface area contributed by atoms with Crippen molar-refractivity contribution in [2.45, 2.75) is 12.5 Å². The van der Waals surface area contributed by atoms with Crippen LogP contribution < -0.4 is 0 Å². The topological polar surface area (TPSA) is 33.1 Å². The van der Waals surface area contributed by atoms with Gasteiger partial charge in [-0.25, -0.2) is 0 Å².